The predicted molar refractivity (Wildman–Crippen MR) is 69.5 cm³/mol. The molecule has 0 radical (unpaired) electrons. The van der Waals surface area contributed by atoms with Gasteiger partial charge in [-0.25, -0.2) is 17.5 Å². The number of sulfonamides is 1. The number of halogens is 1. The molecule has 0 unspecified atom stereocenters. The molecule has 20 heavy (non-hydrogen) atoms. The molecule has 0 atom stereocenters. The Morgan fingerprint density at radius 3 is 2.85 bits per heavy atom. The number of nitrogens with one attached hydrogen (secondary N) is 1. The van der Waals surface area contributed by atoms with Gasteiger partial charge in [-0.2, -0.15) is 0 Å². The standard InChI is InChI=1S/C11H14FN5O2S/c12-10-2-1-3-11(9(10)8-13)20(18,19)15-5-7-17-6-4-14-16-17/h1-4,6,15H,5,7-8,13H2. The SMILES string of the molecule is NCc1c(F)cccc1S(=O)(=O)NCCn1ccnn1. The summed E-state index contributed by atoms with van der Waals surface area (Å²) in [6.45, 7) is 0.255. The van der Waals surface area contributed by atoms with Crippen molar-refractivity contribution in [2.75, 3.05) is 6.54 Å². The largest absolute Gasteiger partial charge is 0.326 e. The van der Waals surface area contributed by atoms with E-state index >= 15 is 0 Å². The molecular formula is C11H14FN5O2S. The van der Waals surface area contributed by atoms with Crippen LogP contribution in [0.15, 0.2) is 35.5 Å². The van der Waals surface area contributed by atoms with Crippen molar-refractivity contribution in [2.45, 2.75) is 18.0 Å². The average Bonchev–Trinajstić information content (AvgIpc) is 2.91. The van der Waals surface area contributed by atoms with E-state index in [2.05, 4.69) is 15.0 Å². The van der Waals surface area contributed by atoms with Crippen LogP contribution in [0.5, 0.6) is 0 Å². The Labute approximate surface area is 115 Å². The molecule has 0 amide bonds. The lowest BCUT2D eigenvalue weighted by Gasteiger charge is -2.11. The van der Waals surface area contributed by atoms with Crippen molar-refractivity contribution in [1.82, 2.24) is 19.7 Å². The molecular weight excluding hydrogens is 285 g/mol. The van der Waals surface area contributed by atoms with Gasteiger partial charge in [0.25, 0.3) is 0 Å². The van der Waals surface area contributed by atoms with Gasteiger partial charge < -0.3 is 5.73 Å². The molecule has 0 spiro atoms. The molecule has 108 valence electrons. The second kappa shape index (κ2) is 6.07. The maximum Gasteiger partial charge on any atom is 0.241 e. The molecule has 0 aliphatic rings. The summed E-state index contributed by atoms with van der Waals surface area (Å²) in [5, 5.41) is 7.31. The summed E-state index contributed by atoms with van der Waals surface area (Å²) in [4.78, 5) is -0.140. The summed E-state index contributed by atoms with van der Waals surface area (Å²) in [7, 11) is -3.81. The van der Waals surface area contributed by atoms with Crippen LogP contribution >= 0.6 is 0 Å². The van der Waals surface area contributed by atoms with Crippen LogP contribution in [0.1, 0.15) is 5.56 Å². The van der Waals surface area contributed by atoms with Crippen molar-refractivity contribution in [2.24, 2.45) is 5.73 Å². The first kappa shape index (κ1) is 14.6. The zero-order chi connectivity index (χ0) is 14.6. The molecule has 2 aromatic rings. The molecule has 0 saturated carbocycles. The molecule has 1 aromatic heterocycles. The molecule has 7 nitrogen and oxygen atoms in total. The van der Waals surface area contributed by atoms with Gasteiger partial charge in [0.1, 0.15) is 5.82 Å². The van der Waals surface area contributed by atoms with Crippen molar-refractivity contribution in [1.29, 1.82) is 0 Å². The van der Waals surface area contributed by atoms with Crippen molar-refractivity contribution in [3.63, 3.8) is 0 Å². The van der Waals surface area contributed by atoms with E-state index in [0.717, 1.165) is 0 Å². The third-order valence-corrected chi connectivity index (χ3v) is 4.22. The quantitative estimate of drug-likeness (QED) is 0.772. The van der Waals surface area contributed by atoms with Gasteiger partial charge >= 0.3 is 0 Å². The number of benzene rings is 1. The van der Waals surface area contributed by atoms with E-state index in [1.807, 2.05) is 0 Å². The predicted octanol–water partition coefficient (Wildman–Crippen LogP) is -0.146. The van der Waals surface area contributed by atoms with E-state index < -0.39 is 15.8 Å². The van der Waals surface area contributed by atoms with Gasteiger partial charge in [-0.15, -0.1) is 5.10 Å². The van der Waals surface area contributed by atoms with Gasteiger partial charge in [0.15, 0.2) is 0 Å². The highest BCUT2D eigenvalue weighted by Gasteiger charge is 2.19. The topological polar surface area (TPSA) is 103 Å². The lowest BCUT2D eigenvalue weighted by Crippen LogP contribution is -2.29. The Bertz CT molecular complexity index is 672. The molecule has 2 rings (SSSR count). The van der Waals surface area contributed by atoms with Gasteiger partial charge in [-0.3, -0.25) is 4.68 Å². The molecule has 0 fully saturated rings. The van der Waals surface area contributed by atoms with E-state index in [1.54, 1.807) is 6.20 Å². The Balaban J connectivity index is 2.12. The summed E-state index contributed by atoms with van der Waals surface area (Å²) >= 11 is 0. The zero-order valence-electron chi connectivity index (χ0n) is 10.5. The molecule has 1 aromatic carbocycles. The van der Waals surface area contributed by atoms with Crippen LogP contribution in [0, 0.1) is 5.82 Å². The Hall–Kier alpha value is -1.84. The van der Waals surface area contributed by atoms with Crippen molar-refractivity contribution in [3.8, 4) is 0 Å². The van der Waals surface area contributed by atoms with Crippen LogP contribution in [0.3, 0.4) is 0 Å². The third-order valence-electron chi connectivity index (χ3n) is 2.67. The normalized spacial score (nSPS) is 11.7. The maximum absolute atomic E-state index is 13.5. The first-order valence-corrected chi connectivity index (χ1v) is 7.34. The second-order valence-electron chi connectivity index (χ2n) is 3.98. The highest BCUT2D eigenvalue weighted by molar-refractivity contribution is 7.89. The van der Waals surface area contributed by atoms with Crippen molar-refractivity contribution >= 4 is 10.0 Å². The molecule has 0 aliphatic carbocycles. The molecule has 0 saturated heterocycles. The minimum atomic E-state index is -3.81. The van der Waals surface area contributed by atoms with Crippen molar-refractivity contribution < 1.29 is 12.8 Å². The van der Waals surface area contributed by atoms with E-state index in [4.69, 9.17) is 5.73 Å². The van der Waals surface area contributed by atoms with Crippen molar-refractivity contribution in [3.05, 3.63) is 42.0 Å². The molecule has 0 bridgehead atoms. The fraction of sp³-hybridized carbons (Fsp3) is 0.273. The number of hydrogen-bond acceptors (Lipinski definition) is 5. The maximum atomic E-state index is 13.5. The summed E-state index contributed by atoms with van der Waals surface area (Å²) in [6.07, 6.45) is 3.11. The number of hydrogen-bond donors (Lipinski definition) is 2. The summed E-state index contributed by atoms with van der Waals surface area (Å²) < 4.78 is 41.6. The lowest BCUT2D eigenvalue weighted by atomic mass is 10.2. The number of nitrogens with zero attached hydrogens (tertiary/aromatic N) is 3. The van der Waals surface area contributed by atoms with Gasteiger partial charge in [0, 0.05) is 24.8 Å². The Morgan fingerprint density at radius 1 is 1.40 bits per heavy atom. The first-order chi connectivity index (χ1) is 9.54. The molecule has 9 heteroatoms. The van der Waals surface area contributed by atoms with Crippen LogP contribution in [0.25, 0.3) is 0 Å². The Morgan fingerprint density at radius 2 is 2.20 bits per heavy atom. The highest BCUT2D eigenvalue weighted by atomic mass is 32.2. The second-order valence-corrected chi connectivity index (χ2v) is 5.72. The minimum Gasteiger partial charge on any atom is -0.326 e. The van der Waals surface area contributed by atoms with E-state index in [1.165, 1.54) is 29.1 Å². The number of nitrogens with two attached hydrogens (primary N) is 1. The van der Waals surface area contributed by atoms with Gasteiger partial charge in [-0.05, 0) is 12.1 Å². The van der Waals surface area contributed by atoms with Crippen LogP contribution in [0.4, 0.5) is 4.39 Å². The smallest absolute Gasteiger partial charge is 0.241 e. The Kier molecular flexibility index (Phi) is 4.42. The average molecular weight is 299 g/mol. The molecule has 0 aliphatic heterocycles. The first-order valence-electron chi connectivity index (χ1n) is 5.86. The summed E-state index contributed by atoms with van der Waals surface area (Å²) in [5.74, 6) is -0.633. The fourth-order valence-corrected chi connectivity index (χ4v) is 2.99. The van der Waals surface area contributed by atoms with E-state index in [-0.39, 0.29) is 23.5 Å². The number of aromatic nitrogens is 3. The van der Waals surface area contributed by atoms with Gasteiger partial charge in [0.2, 0.25) is 10.0 Å². The summed E-state index contributed by atoms with van der Waals surface area (Å²) in [5.41, 5.74) is 5.37. The van der Waals surface area contributed by atoms with Crippen LogP contribution in [0.2, 0.25) is 0 Å². The zero-order valence-corrected chi connectivity index (χ0v) is 11.3. The number of rotatable bonds is 6. The van der Waals surface area contributed by atoms with Gasteiger partial charge in [-0.1, -0.05) is 11.3 Å². The lowest BCUT2D eigenvalue weighted by molar-refractivity contribution is 0.549. The molecule has 1 heterocycles. The van der Waals surface area contributed by atoms with Gasteiger partial charge in [0.05, 0.1) is 17.6 Å². The third kappa shape index (κ3) is 3.18. The summed E-state index contributed by atoms with van der Waals surface area (Å²) in [6, 6.07) is 3.83. The minimum absolute atomic E-state index is 0.0271. The van der Waals surface area contributed by atoms with Crippen LogP contribution in [-0.4, -0.2) is 30.0 Å². The molecule has 3 N–H and O–H groups in total. The van der Waals surface area contributed by atoms with Crippen LogP contribution < -0.4 is 10.5 Å². The monoisotopic (exact) mass is 299 g/mol. The fourth-order valence-electron chi connectivity index (χ4n) is 1.71. The van der Waals surface area contributed by atoms with Crippen LogP contribution in [-0.2, 0) is 23.1 Å². The highest BCUT2D eigenvalue weighted by Crippen LogP contribution is 2.18. The van der Waals surface area contributed by atoms with E-state index in [9.17, 15) is 12.8 Å². The van der Waals surface area contributed by atoms with E-state index in [0.29, 0.717) is 6.54 Å².